The molecule has 2 aromatic rings. The molecule has 1 aromatic heterocycles. The van der Waals surface area contributed by atoms with E-state index in [2.05, 4.69) is 30.4 Å². The van der Waals surface area contributed by atoms with Crippen LogP contribution in [0.4, 0.5) is 35.3 Å². The fraction of sp³-hybridized carbons (Fsp3) is 0.353. The van der Waals surface area contributed by atoms with Gasteiger partial charge in [-0.2, -0.15) is 13.2 Å². The van der Waals surface area contributed by atoms with E-state index in [1.54, 1.807) is 6.07 Å². The normalized spacial score (nSPS) is 15.5. The van der Waals surface area contributed by atoms with Crippen LogP contribution in [0, 0.1) is 0 Å². The molecule has 2 N–H and O–H groups in total. The highest BCUT2D eigenvalue weighted by Gasteiger charge is 2.33. The Morgan fingerprint density at radius 1 is 1.07 bits per heavy atom. The maximum atomic E-state index is 13.0. The molecule has 0 bridgehead atoms. The van der Waals surface area contributed by atoms with Crippen LogP contribution in [0.3, 0.4) is 0 Å². The molecule has 0 radical (unpaired) electrons. The van der Waals surface area contributed by atoms with Gasteiger partial charge in [0.2, 0.25) is 0 Å². The molecule has 3 rings (SSSR count). The first kappa shape index (κ1) is 18.9. The van der Waals surface area contributed by atoms with Crippen molar-refractivity contribution < 1.29 is 18.0 Å². The molecule has 144 valence electrons. The summed E-state index contributed by atoms with van der Waals surface area (Å²) < 4.78 is 39.0. The van der Waals surface area contributed by atoms with Crippen molar-refractivity contribution in [3.8, 4) is 0 Å². The average molecular weight is 380 g/mol. The number of urea groups is 1. The summed E-state index contributed by atoms with van der Waals surface area (Å²) in [5, 5.41) is 4.67. The third-order valence-corrected chi connectivity index (χ3v) is 4.20. The molecule has 0 spiro atoms. The topological polar surface area (TPSA) is 73.4 Å². The molecule has 1 fully saturated rings. The minimum Gasteiger partial charge on any atom is -0.354 e. The van der Waals surface area contributed by atoms with Gasteiger partial charge in [0, 0.05) is 32.2 Å². The van der Waals surface area contributed by atoms with Crippen molar-refractivity contribution in [2.45, 2.75) is 6.18 Å². The van der Waals surface area contributed by atoms with Crippen LogP contribution in [-0.4, -0.2) is 54.1 Å². The van der Waals surface area contributed by atoms with Crippen LogP contribution in [0.15, 0.2) is 36.7 Å². The zero-order valence-corrected chi connectivity index (χ0v) is 14.6. The smallest absolute Gasteiger partial charge is 0.354 e. The van der Waals surface area contributed by atoms with Gasteiger partial charge in [-0.1, -0.05) is 12.1 Å². The summed E-state index contributed by atoms with van der Waals surface area (Å²) in [5.74, 6) is 0.866. The number of piperazine rings is 1. The van der Waals surface area contributed by atoms with Gasteiger partial charge in [0.15, 0.2) is 0 Å². The van der Waals surface area contributed by atoms with E-state index >= 15 is 0 Å². The van der Waals surface area contributed by atoms with Crippen LogP contribution < -0.4 is 15.5 Å². The summed E-state index contributed by atoms with van der Waals surface area (Å²) in [6.45, 7) is 3.36. The Balaban J connectivity index is 1.68. The number of hydrogen-bond acceptors (Lipinski definition) is 5. The van der Waals surface area contributed by atoms with Crippen LogP contribution >= 0.6 is 0 Å². The van der Waals surface area contributed by atoms with Crippen LogP contribution in [0.1, 0.15) is 5.56 Å². The predicted octanol–water partition coefficient (Wildman–Crippen LogP) is 2.89. The number of carbonyl (C=O) groups is 1. The van der Waals surface area contributed by atoms with Crippen molar-refractivity contribution in [3.05, 3.63) is 42.2 Å². The maximum absolute atomic E-state index is 13.0. The molecule has 0 saturated carbocycles. The van der Waals surface area contributed by atoms with E-state index in [-0.39, 0.29) is 11.5 Å². The number of anilines is 3. The number of alkyl halides is 3. The van der Waals surface area contributed by atoms with Crippen molar-refractivity contribution in [2.24, 2.45) is 0 Å². The first-order chi connectivity index (χ1) is 12.8. The molecule has 1 saturated heterocycles. The lowest BCUT2D eigenvalue weighted by Crippen LogP contribution is -2.44. The Morgan fingerprint density at radius 2 is 1.78 bits per heavy atom. The van der Waals surface area contributed by atoms with Gasteiger partial charge in [-0.05, 0) is 19.2 Å². The minimum absolute atomic E-state index is 0.209. The fourth-order valence-corrected chi connectivity index (χ4v) is 2.73. The SMILES string of the molecule is CN1CCN(c2cc(NC(=O)Nc3ccccc3C(F)(F)F)ncn2)CC1. The Kier molecular flexibility index (Phi) is 5.45. The molecule has 27 heavy (non-hydrogen) atoms. The number of rotatable bonds is 3. The number of carbonyl (C=O) groups excluding carboxylic acids is 1. The van der Waals surface area contributed by atoms with Gasteiger partial charge < -0.3 is 15.1 Å². The second kappa shape index (κ2) is 7.78. The number of nitrogens with one attached hydrogen (secondary N) is 2. The van der Waals surface area contributed by atoms with E-state index in [4.69, 9.17) is 0 Å². The molecular weight excluding hydrogens is 361 g/mol. The van der Waals surface area contributed by atoms with Gasteiger partial charge in [0.05, 0.1) is 11.3 Å². The second-order valence-corrected chi connectivity index (χ2v) is 6.17. The van der Waals surface area contributed by atoms with E-state index < -0.39 is 17.8 Å². The van der Waals surface area contributed by atoms with E-state index in [1.807, 2.05) is 7.05 Å². The lowest BCUT2D eigenvalue weighted by atomic mass is 10.1. The van der Waals surface area contributed by atoms with E-state index in [0.29, 0.717) is 5.82 Å². The zero-order valence-electron chi connectivity index (χ0n) is 14.6. The lowest BCUT2D eigenvalue weighted by molar-refractivity contribution is -0.136. The van der Waals surface area contributed by atoms with Gasteiger partial charge in [-0.3, -0.25) is 5.32 Å². The lowest BCUT2D eigenvalue weighted by Gasteiger charge is -2.33. The Hall–Kier alpha value is -2.88. The van der Waals surface area contributed by atoms with Crippen molar-refractivity contribution >= 4 is 23.4 Å². The molecule has 10 heteroatoms. The number of hydrogen-bond donors (Lipinski definition) is 2. The second-order valence-electron chi connectivity index (χ2n) is 6.17. The molecule has 0 unspecified atom stereocenters. The fourth-order valence-electron chi connectivity index (χ4n) is 2.73. The molecule has 0 aliphatic carbocycles. The number of likely N-dealkylation sites (N-methyl/N-ethyl adjacent to an activating group) is 1. The van der Waals surface area contributed by atoms with E-state index in [1.165, 1.54) is 24.5 Å². The van der Waals surface area contributed by atoms with Gasteiger partial charge in [-0.25, -0.2) is 14.8 Å². The summed E-state index contributed by atoms with van der Waals surface area (Å²) >= 11 is 0. The molecule has 0 atom stereocenters. The third-order valence-electron chi connectivity index (χ3n) is 4.20. The molecule has 2 heterocycles. The van der Waals surface area contributed by atoms with Gasteiger partial charge in [0.1, 0.15) is 18.0 Å². The summed E-state index contributed by atoms with van der Waals surface area (Å²) in [4.78, 5) is 24.5. The Labute approximate surface area is 154 Å². The summed E-state index contributed by atoms with van der Waals surface area (Å²) in [6, 6.07) is 5.57. The van der Waals surface area contributed by atoms with Gasteiger partial charge in [0.25, 0.3) is 0 Å². The summed E-state index contributed by atoms with van der Waals surface area (Å²) in [7, 11) is 2.04. The Bertz CT molecular complexity index is 805. The van der Waals surface area contributed by atoms with Crippen molar-refractivity contribution in [1.82, 2.24) is 14.9 Å². The van der Waals surface area contributed by atoms with E-state index in [9.17, 15) is 18.0 Å². The summed E-state index contributed by atoms with van der Waals surface area (Å²) in [6.07, 6.45) is -3.25. The standard InChI is InChI=1S/C17H19F3N6O/c1-25-6-8-26(9-7-25)15-10-14(21-11-22-15)24-16(27)23-13-5-3-2-4-12(13)17(18,19)20/h2-5,10-11H,6-9H2,1H3,(H2,21,22,23,24,27). The number of nitrogens with zero attached hydrogens (tertiary/aromatic N) is 4. The van der Waals surface area contributed by atoms with Crippen molar-refractivity contribution in [2.75, 3.05) is 48.8 Å². The first-order valence-electron chi connectivity index (χ1n) is 8.33. The van der Waals surface area contributed by atoms with Crippen LogP contribution in [0.25, 0.3) is 0 Å². The minimum atomic E-state index is -4.56. The first-order valence-corrected chi connectivity index (χ1v) is 8.33. The number of amides is 2. The van der Waals surface area contributed by atoms with Gasteiger partial charge in [-0.15, -0.1) is 0 Å². The Morgan fingerprint density at radius 3 is 2.48 bits per heavy atom. The number of para-hydroxylation sites is 1. The summed E-state index contributed by atoms with van der Waals surface area (Å²) in [5.41, 5.74) is -1.24. The number of aromatic nitrogens is 2. The maximum Gasteiger partial charge on any atom is 0.418 e. The monoisotopic (exact) mass is 380 g/mol. The van der Waals surface area contributed by atoms with E-state index in [0.717, 1.165) is 32.2 Å². The number of halogens is 3. The molecule has 2 amide bonds. The molecule has 1 aliphatic rings. The van der Waals surface area contributed by atoms with Crippen LogP contribution in [-0.2, 0) is 6.18 Å². The highest BCUT2D eigenvalue weighted by atomic mass is 19.4. The highest BCUT2D eigenvalue weighted by molar-refractivity contribution is 5.99. The van der Waals surface area contributed by atoms with Crippen molar-refractivity contribution in [1.29, 1.82) is 0 Å². The third kappa shape index (κ3) is 4.85. The zero-order chi connectivity index (χ0) is 19.4. The molecule has 7 nitrogen and oxygen atoms in total. The molecule has 1 aromatic carbocycles. The largest absolute Gasteiger partial charge is 0.418 e. The predicted molar refractivity (Wildman–Crippen MR) is 95.8 cm³/mol. The van der Waals surface area contributed by atoms with Crippen LogP contribution in [0.5, 0.6) is 0 Å². The highest BCUT2D eigenvalue weighted by Crippen LogP contribution is 2.34. The quantitative estimate of drug-likeness (QED) is 0.857. The van der Waals surface area contributed by atoms with Gasteiger partial charge >= 0.3 is 12.2 Å². The molecule has 1 aliphatic heterocycles. The molecular formula is C17H19F3N6O. The van der Waals surface area contributed by atoms with Crippen molar-refractivity contribution in [3.63, 3.8) is 0 Å². The van der Waals surface area contributed by atoms with Crippen LogP contribution in [0.2, 0.25) is 0 Å². The average Bonchev–Trinajstić information content (AvgIpc) is 2.62. The number of benzene rings is 1.